The van der Waals surface area contributed by atoms with Crippen LogP contribution in [-0.4, -0.2) is 38.3 Å². The van der Waals surface area contributed by atoms with E-state index in [1.165, 1.54) is 0 Å². The van der Waals surface area contributed by atoms with E-state index in [0.717, 1.165) is 0 Å². The first-order valence-corrected chi connectivity index (χ1v) is 4.39. The summed E-state index contributed by atoms with van der Waals surface area (Å²) in [5, 5.41) is 2.51. The summed E-state index contributed by atoms with van der Waals surface area (Å²) in [4.78, 5) is 10.7. The van der Waals surface area contributed by atoms with Gasteiger partial charge in [0.25, 0.3) is 0 Å². The molecule has 5 heteroatoms. The molecule has 0 aromatic heterocycles. The molecular formula is C7H14ClNO3. The maximum Gasteiger partial charge on any atom is 0.407 e. The molecular weight excluding hydrogens is 182 g/mol. The molecule has 0 heterocycles. The molecule has 0 aliphatic heterocycles. The fourth-order valence-electron chi connectivity index (χ4n) is 0.564. The highest BCUT2D eigenvalue weighted by Crippen LogP contribution is 1.79. The number of carbonyl (C=O) groups is 1. The van der Waals surface area contributed by atoms with Gasteiger partial charge in [-0.25, -0.2) is 4.79 Å². The summed E-state index contributed by atoms with van der Waals surface area (Å²) in [5.74, 6) is 0.472. The molecule has 0 rings (SSSR count). The molecule has 12 heavy (non-hydrogen) atoms. The van der Waals surface area contributed by atoms with E-state index in [1.54, 1.807) is 6.92 Å². The van der Waals surface area contributed by atoms with Crippen LogP contribution in [0.1, 0.15) is 6.92 Å². The number of hydrogen-bond donors (Lipinski definition) is 1. The van der Waals surface area contributed by atoms with Crippen molar-refractivity contribution < 1.29 is 14.3 Å². The van der Waals surface area contributed by atoms with E-state index in [9.17, 15) is 4.79 Å². The smallest absolute Gasteiger partial charge is 0.407 e. The predicted octanol–water partition coefficient (Wildman–Crippen LogP) is 0.988. The van der Waals surface area contributed by atoms with Gasteiger partial charge in [0, 0.05) is 12.4 Å². The van der Waals surface area contributed by atoms with E-state index in [1.807, 2.05) is 0 Å². The molecule has 0 bridgehead atoms. The Morgan fingerprint density at radius 2 is 2.25 bits per heavy atom. The van der Waals surface area contributed by atoms with E-state index < -0.39 is 6.09 Å². The summed E-state index contributed by atoms with van der Waals surface area (Å²) in [5.41, 5.74) is 0. The van der Waals surface area contributed by atoms with Crippen LogP contribution in [0.2, 0.25) is 0 Å². The van der Waals surface area contributed by atoms with Crippen molar-refractivity contribution in [2.24, 2.45) is 0 Å². The largest absolute Gasteiger partial charge is 0.450 e. The van der Waals surface area contributed by atoms with Crippen LogP contribution in [0, 0.1) is 0 Å². The van der Waals surface area contributed by atoms with Gasteiger partial charge in [0.05, 0.1) is 19.8 Å². The second-order valence-corrected chi connectivity index (χ2v) is 2.33. The van der Waals surface area contributed by atoms with Crippen molar-refractivity contribution in [3.63, 3.8) is 0 Å². The van der Waals surface area contributed by atoms with E-state index in [-0.39, 0.29) is 0 Å². The number of ether oxygens (including phenoxy) is 2. The van der Waals surface area contributed by atoms with Crippen LogP contribution >= 0.6 is 11.6 Å². The van der Waals surface area contributed by atoms with Crippen LogP contribution in [0.4, 0.5) is 4.79 Å². The molecule has 4 nitrogen and oxygen atoms in total. The van der Waals surface area contributed by atoms with E-state index >= 15 is 0 Å². The zero-order chi connectivity index (χ0) is 9.23. The molecule has 0 atom stereocenters. The number of alkyl carbamates (subject to hydrolysis) is 1. The first-order valence-electron chi connectivity index (χ1n) is 3.85. The number of hydrogen-bond acceptors (Lipinski definition) is 3. The minimum absolute atomic E-state index is 0.383. The number of alkyl halides is 1. The number of carbonyl (C=O) groups excluding carboxylic acids is 1. The number of halogens is 1. The maximum atomic E-state index is 10.7. The Kier molecular flexibility index (Phi) is 8.27. The molecule has 1 N–H and O–H groups in total. The minimum Gasteiger partial charge on any atom is -0.450 e. The highest BCUT2D eigenvalue weighted by Gasteiger charge is 1.97. The summed E-state index contributed by atoms with van der Waals surface area (Å²) in [6.07, 6.45) is -0.410. The highest BCUT2D eigenvalue weighted by atomic mass is 35.5. The summed E-state index contributed by atoms with van der Waals surface area (Å²) in [6, 6.07) is 0. The van der Waals surface area contributed by atoms with Crippen molar-refractivity contribution in [2.75, 3.05) is 32.2 Å². The van der Waals surface area contributed by atoms with Gasteiger partial charge in [-0.15, -0.1) is 11.6 Å². The monoisotopic (exact) mass is 195 g/mol. The maximum absolute atomic E-state index is 10.7. The molecule has 0 aromatic carbocycles. The Hall–Kier alpha value is -0.480. The molecule has 0 unspecified atom stereocenters. The molecule has 0 fully saturated rings. The molecule has 0 aromatic rings. The Balaban J connectivity index is 3.03. The van der Waals surface area contributed by atoms with Crippen molar-refractivity contribution in [3.8, 4) is 0 Å². The van der Waals surface area contributed by atoms with Crippen LogP contribution in [0.3, 0.4) is 0 Å². The van der Waals surface area contributed by atoms with Crippen molar-refractivity contribution in [1.82, 2.24) is 5.32 Å². The lowest BCUT2D eigenvalue weighted by atomic mass is 10.7. The van der Waals surface area contributed by atoms with Gasteiger partial charge >= 0.3 is 6.09 Å². The number of rotatable bonds is 6. The lowest BCUT2D eigenvalue weighted by Gasteiger charge is -2.04. The number of amides is 1. The molecule has 1 amide bonds. The van der Waals surface area contributed by atoms with Crippen LogP contribution in [0.5, 0.6) is 0 Å². The second-order valence-electron chi connectivity index (χ2n) is 1.95. The Morgan fingerprint density at radius 3 is 2.83 bits per heavy atom. The third-order valence-electron chi connectivity index (χ3n) is 1.01. The summed E-state index contributed by atoms with van der Waals surface area (Å²) < 4.78 is 9.63. The van der Waals surface area contributed by atoms with Crippen LogP contribution in [0.15, 0.2) is 0 Å². The SMILES string of the molecule is CCOC(=O)NCCOCCCl. The van der Waals surface area contributed by atoms with E-state index in [0.29, 0.717) is 32.2 Å². The summed E-state index contributed by atoms with van der Waals surface area (Å²) in [7, 11) is 0. The average Bonchev–Trinajstić information content (AvgIpc) is 2.05. The normalized spacial score (nSPS) is 9.50. The molecule has 0 saturated heterocycles. The third kappa shape index (κ3) is 7.63. The fourth-order valence-corrected chi connectivity index (χ4v) is 0.673. The Morgan fingerprint density at radius 1 is 1.50 bits per heavy atom. The van der Waals surface area contributed by atoms with Crippen LogP contribution < -0.4 is 5.32 Å². The zero-order valence-electron chi connectivity index (χ0n) is 7.14. The number of nitrogens with one attached hydrogen (secondary N) is 1. The fraction of sp³-hybridized carbons (Fsp3) is 0.857. The molecule has 0 spiro atoms. The molecule has 0 radical (unpaired) electrons. The van der Waals surface area contributed by atoms with Gasteiger partial charge in [-0.05, 0) is 6.92 Å². The van der Waals surface area contributed by atoms with Gasteiger partial charge < -0.3 is 14.8 Å². The van der Waals surface area contributed by atoms with Gasteiger partial charge in [0.15, 0.2) is 0 Å². The third-order valence-corrected chi connectivity index (χ3v) is 1.17. The summed E-state index contributed by atoms with van der Waals surface area (Å²) >= 11 is 5.36. The molecule has 0 aliphatic carbocycles. The Labute approximate surface area is 77.2 Å². The van der Waals surface area contributed by atoms with Gasteiger partial charge in [0.2, 0.25) is 0 Å². The molecule has 72 valence electrons. The minimum atomic E-state index is -0.410. The van der Waals surface area contributed by atoms with Gasteiger partial charge in [0.1, 0.15) is 0 Å². The highest BCUT2D eigenvalue weighted by molar-refractivity contribution is 6.17. The van der Waals surface area contributed by atoms with Gasteiger partial charge in [-0.2, -0.15) is 0 Å². The quantitative estimate of drug-likeness (QED) is 0.508. The molecule has 0 aliphatic rings. The van der Waals surface area contributed by atoms with Crippen LogP contribution in [-0.2, 0) is 9.47 Å². The van der Waals surface area contributed by atoms with E-state index in [4.69, 9.17) is 16.3 Å². The van der Waals surface area contributed by atoms with E-state index in [2.05, 4.69) is 10.1 Å². The van der Waals surface area contributed by atoms with Crippen LogP contribution in [0.25, 0.3) is 0 Å². The molecule has 0 saturated carbocycles. The first-order chi connectivity index (χ1) is 5.81. The summed E-state index contributed by atoms with van der Waals surface area (Å²) in [6.45, 7) is 3.56. The van der Waals surface area contributed by atoms with Crippen molar-refractivity contribution in [1.29, 1.82) is 0 Å². The predicted molar refractivity (Wildman–Crippen MR) is 46.6 cm³/mol. The topological polar surface area (TPSA) is 47.6 Å². The Bertz CT molecular complexity index is 121. The van der Waals surface area contributed by atoms with Gasteiger partial charge in [-0.1, -0.05) is 0 Å². The lowest BCUT2D eigenvalue weighted by molar-refractivity contribution is 0.132. The zero-order valence-corrected chi connectivity index (χ0v) is 7.89. The van der Waals surface area contributed by atoms with Crippen molar-refractivity contribution >= 4 is 17.7 Å². The first kappa shape index (κ1) is 11.5. The lowest BCUT2D eigenvalue weighted by Crippen LogP contribution is -2.28. The van der Waals surface area contributed by atoms with Gasteiger partial charge in [-0.3, -0.25) is 0 Å². The van der Waals surface area contributed by atoms with Crippen molar-refractivity contribution in [2.45, 2.75) is 6.92 Å². The standard InChI is InChI=1S/C7H14ClNO3/c1-2-12-7(10)9-4-6-11-5-3-8/h2-6H2,1H3,(H,9,10). The second kappa shape index (κ2) is 8.62. The average molecular weight is 196 g/mol. The van der Waals surface area contributed by atoms with Crippen molar-refractivity contribution in [3.05, 3.63) is 0 Å².